The summed E-state index contributed by atoms with van der Waals surface area (Å²) >= 11 is 3.45. The third kappa shape index (κ3) is 5.82. The number of hydrogen-bond donors (Lipinski definition) is 2. The molecule has 5 nitrogen and oxygen atoms in total. The molecule has 2 aromatic rings. The van der Waals surface area contributed by atoms with Crippen LogP contribution in [0.1, 0.15) is 66.7 Å². The van der Waals surface area contributed by atoms with Crippen LogP contribution in [0, 0.1) is 0 Å². The minimum absolute atomic E-state index is 0.0422. The highest BCUT2D eigenvalue weighted by Gasteiger charge is 2.19. The van der Waals surface area contributed by atoms with Gasteiger partial charge in [0.25, 0.3) is 11.8 Å². The Morgan fingerprint density at radius 3 is 2.45 bits per heavy atom. The van der Waals surface area contributed by atoms with E-state index >= 15 is 0 Å². The third-order valence-corrected chi connectivity index (χ3v) is 5.54. The summed E-state index contributed by atoms with van der Waals surface area (Å²) in [4.78, 5) is 25.5. The van der Waals surface area contributed by atoms with Crippen molar-refractivity contribution in [2.45, 2.75) is 58.1 Å². The summed E-state index contributed by atoms with van der Waals surface area (Å²) in [5.74, 6) is 0.262. The Hall–Kier alpha value is -2.34. The molecule has 1 saturated carbocycles. The summed E-state index contributed by atoms with van der Waals surface area (Å²) in [7, 11) is 0. The smallest absolute Gasteiger partial charge is 0.255 e. The minimum atomic E-state index is -0.278. The number of carbonyl (C=O) groups is 2. The highest BCUT2D eigenvalue weighted by Crippen LogP contribution is 2.28. The number of rotatable bonds is 6. The zero-order chi connectivity index (χ0) is 20.8. The summed E-state index contributed by atoms with van der Waals surface area (Å²) in [6, 6.07) is 12.5. The van der Waals surface area contributed by atoms with Gasteiger partial charge < -0.3 is 15.4 Å². The molecule has 0 radical (unpaired) electrons. The Labute approximate surface area is 180 Å². The number of para-hydroxylation sites is 1. The summed E-state index contributed by atoms with van der Waals surface area (Å²) in [5, 5.41) is 5.98. The van der Waals surface area contributed by atoms with Gasteiger partial charge in [0.1, 0.15) is 5.75 Å². The predicted molar refractivity (Wildman–Crippen MR) is 119 cm³/mol. The quantitative estimate of drug-likeness (QED) is 0.595. The lowest BCUT2D eigenvalue weighted by Gasteiger charge is -2.23. The third-order valence-electron chi connectivity index (χ3n) is 4.92. The first-order valence-electron chi connectivity index (χ1n) is 10.1. The highest BCUT2D eigenvalue weighted by atomic mass is 79.9. The molecular weight excluding hydrogens is 432 g/mol. The Kier molecular flexibility index (Phi) is 7.31. The van der Waals surface area contributed by atoms with Crippen LogP contribution in [0.5, 0.6) is 5.75 Å². The summed E-state index contributed by atoms with van der Waals surface area (Å²) in [5.41, 5.74) is 1.46. The van der Waals surface area contributed by atoms with Crippen molar-refractivity contribution < 1.29 is 14.3 Å². The number of ether oxygens (including phenoxy) is 1. The molecule has 0 bridgehead atoms. The van der Waals surface area contributed by atoms with Crippen molar-refractivity contribution in [2.75, 3.05) is 5.32 Å². The van der Waals surface area contributed by atoms with Gasteiger partial charge in [0.15, 0.2) is 0 Å². The molecule has 1 fully saturated rings. The van der Waals surface area contributed by atoms with Crippen LogP contribution < -0.4 is 15.4 Å². The van der Waals surface area contributed by atoms with Crippen molar-refractivity contribution in [2.24, 2.45) is 0 Å². The molecule has 2 amide bonds. The Balaban J connectivity index is 1.72. The van der Waals surface area contributed by atoms with Crippen LogP contribution in [0.2, 0.25) is 0 Å². The monoisotopic (exact) mass is 458 g/mol. The molecular formula is C23H27BrN2O3. The maximum absolute atomic E-state index is 12.8. The number of amides is 2. The summed E-state index contributed by atoms with van der Waals surface area (Å²) in [6.07, 6.45) is 5.59. The van der Waals surface area contributed by atoms with Crippen molar-refractivity contribution in [1.82, 2.24) is 5.32 Å². The largest absolute Gasteiger partial charge is 0.490 e. The second-order valence-electron chi connectivity index (χ2n) is 7.62. The molecule has 1 aliphatic carbocycles. The van der Waals surface area contributed by atoms with Crippen molar-refractivity contribution in [1.29, 1.82) is 0 Å². The van der Waals surface area contributed by atoms with Crippen molar-refractivity contribution >= 4 is 33.4 Å². The molecule has 3 rings (SSSR count). The van der Waals surface area contributed by atoms with Gasteiger partial charge >= 0.3 is 0 Å². The molecule has 6 heteroatoms. The van der Waals surface area contributed by atoms with E-state index in [0.717, 1.165) is 25.7 Å². The average Bonchev–Trinajstić information content (AvgIpc) is 2.70. The fraction of sp³-hybridized carbons (Fsp3) is 0.391. The van der Waals surface area contributed by atoms with Crippen LogP contribution in [-0.4, -0.2) is 24.0 Å². The van der Waals surface area contributed by atoms with E-state index < -0.39 is 0 Å². The molecule has 0 spiro atoms. The lowest BCUT2D eigenvalue weighted by atomic mass is 9.95. The zero-order valence-corrected chi connectivity index (χ0v) is 18.4. The van der Waals surface area contributed by atoms with E-state index in [1.807, 2.05) is 19.9 Å². The van der Waals surface area contributed by atoms with Gasteiger partial charge in [-0.3, -0.25) is 9.59 Å². The second-order valence-corrected chi connectivity index (χ2v) is 8.47. The molecule has 2 N–H and O–H groups in total. The van der Waals surface area contributed by atoms with Gasteiger partial charge in [0.05, 0.1) is 21.8 Å². The Morgan fingerprint density at radius 1 is 1.03 bits per heavy atom. The normalized spacial score (nSPS) is 14.5. The van der Waals surface area contributed by atoms with Crippen LogP contribution in [-0.2, 0) is 0 Å². The first kappa shape index (κ1) is 21.4. The lowest BCUT2D eigenvalue weighted by molar-refractivity contribution is 0.0928. The number of anilines is 1. The maximum Gasteiger partial charge on any atom is 0.255 e. The molecule has 29 heavy (non-hydrogen) atoms. The van der Waals surface area contributed by atoms with E-state index in [4.69, 9.17) is 4.74 Å². The number of hydrogen-bond acceptors (Lipinski definition) is 3. The van der Waals surface area contributed by atoms with Gasteiger partial charge in [-0.05, 0) is 73.0 Å². The van der Waals surface area contributed by atoms with Crippen LogP contribution in [0.15, 0.2) is 46.9 Å². The first-order chi connectivity index (χ1) is 13.9. The van der Waals surface area contributed by atoms with Gasteiger partial charge in [-0.2, -0.15) is 0 Å². The fourth-order valence-electron chi connectivity index (χ4n) is 3.49. The number of benzene rings is 2. The zero-order valence-electron chi connectivity index (χ0n) is 16.8. The molecule has 2 aromatic carbocycles. The van der Waals surface area contributed by atoms with Gasteiger partial charge in [0, 0.05) is 11.6 Å². The topological polar surface area (TPSA) is 67.4 Å². The van der Waals surface area contributed by atoms with Gasteiger partial charge in [-0.1, -0.05) is 31.4 Å². The van der Waals surface area contributed by atoms with Crippen LogP contribution in [0.25, 0.3) is 0 Å². The van der Waals surface area contributed by atoms with E-state index in [0.29, 0.717) is 27.0 Å². The minimum Gasteiger partial charge on any atom is -0.490 e. The fourth-order valence-corrected chi connectivity index (χ4v) is 3.96. The number of halogens is 1. The van der Waals surface area contributed by atoms with E-state index in [2.05, 4.69) is 26.6 Å². The van der Waals surface area contributed by atoms with E-state index in [1.54, 1.807) is 36.4 Å². The Morgan fingerprint density at radius 2 is 1.76 bits per heavy atom. The van der Waals surface area contributed by atoms with Crippen molar-refractivity contribution in [3.63, 3.8) is 0 Å². The van der Waals surface area contributed by atoms with Crippen molar-refractivity contribution in [3.8, 4) is 5.75 Å². The average molecular weight is 459 g/mol. The summed E-state index contributed by atoms with van der Waals surface area (Å²) < 4.78 is 6.40. The maximum atomic E-state index is 12.8. The molecule has 0 atom stereocenters. The van der Waals surface area contributed by atoms with Crippen LogP contribution in [0.3, 0.4) is 0 Å². The molecule has 0 aliphatic heterocycles. The second kappa shape index (κ2) is 9.92. The first-order valence-corrected chi connectivity index (χ1v) is 10.9. The van der Waals surface area contributed by atoms with Crippen LogP contribution in [0.4, 0.5) is 5.69 Å². The number of carbonyl (C=O) groups excluding carboxylic acids is 2. The predicted octanol–water partition coefficient (Wildman–Crippen LogP) is 5.55. The number of nitrogens with one attached hydrogen (secondary N) is 2. The molecule has 1 aliphatic rings. The van der Waals surface area contributed by atoms with Gasteiger partial charge in [0.2, 0.25) is 0 Å². The molecule has 0 aromatic heterocycles. The SMILES string of the molecule is CC(C)Oc1ccc(C(=O)Nc2ccccc2C(=O)NC2CCCCC2)cc1Br. The van der Waals surface area contributed by atoms with Crippen molar-refractivity contribution in [3.05, 3.63) is 58.1 Å². The highest BCUT2D eigenvalue weighted by molar-refractivity contribution is 9.10. The lowest BCUT2D eigenvalue weighted by Crippen LogP contribution is -2.36. The molecule has 154 valence electrons. The summed E-state index contributed by atoms with van der Waals surface area (Å²) in [6.45, 7) is 3.89. The van der Waals surface area contributed by atoms with Gasteiger partial charge in [-0.15, -0.1) is 0 Å². The molecule has 0 heterocycles. The van der Waals surface area contributed by atoms with E-state index in [-0.39, 0.29) is 24.0 Å². The van der Waals surface area contributed by atoms with Crippen LogP contribution >= 0.6 is 15.9 Å². The van der Waals surface area contributed by atoms with Gasteiger partial charge in [-0.25, -0.2) is 0 Å². The van der Waals surface area contributed by atoms with E-state index in [9.17, 15) is 9.59 Å². The molecule has 0 unspecified atom stereocenters. The molecule has 0 saturated heterocycles. The Bertz CT molecular complexity index is 876. The standard InChI is InChI=1S/C23H27BrN2O3/c1-15(2)29-21-13-12-16(14-19(21)24)22(27)26-20-11-7-6-10-18(20)23(28)25-17-8-4-3-5-9-17/h6-7,10-15,17H,3-5,8-9H2,1-2H3,(H,25,28)(H,26,27). The van der Waals surface area contributed by atoms with E-state index in [1.165, 1.54) is 6.42 Å².